The first-order valence-electron chi connectivity index (χ1n) is 5.40. The van der Waals surface area contributed by atoms with Crippen molar-refractivity contribution in [2.24, 2.45) is 5.73 Å². The first-order chi connectivity index (χ1) is 9.40. The average Bonchev–Trinajstić information content (AvgIpc) is 2.37. The lowest BCUT2D eigenvalue weighted by Crippen LogP contribution is -2.13. The van der Waals surface area contributed by atoms with Crippen LogP contribution in [0, 0.1) is 11.6 Å². The van der Waals surface area contributed by atoms with E-state index < -0.39 is 11.6 Å². The highest BCUT2D eigenvalue weighted by Gasteiger charge is 2.15. The lowest BCUT2D eigenvalue weighted by Gasteiger charge is -2.11. The molecule has 7 heteroatoms. The van der Waals surface area contributed by atoms with Crippen molar-refractivity contribution in [3.8, 4) is 0 Å². The van der Waals surface area contributed by atoms with Crippen LogP contribution >= 0.6 is 39.7 Å². The molecular formula is C13H8BrClF2N2S. The third-order valence-electron chi connectivity index (χ3n) is 2.55. The number of halogens is 4. The molecule has 0 aliphatic carbocycles. The monoisotopic (exact) mass is 376 g/mol. The van der Waals surface area contributed by atoms with Gasteiger partial charge in [0, 0.05) is 15.1 Å². The molecule has 0 saturated heterocycles. The van der Waals surface area contributed by atoms with Crippen LogP contribution in [0.3, 0.4) is 0 Å². The lowest BCUT2D eigenvalue weighted by atomic mass is 10.1. The topological polar surface area (TPSA) is 38.0 Å². The van der Waals surface area contributed by atoms with Gasteiger partial charge in [-0.15, -0.1) is 0 Å². The van der Waals surface area contributed by atoms with E-state index in [0.29, 0.717) is 15.2 Å². The van der Waals surface area contributed by atoms with Crippen molar-refractivity contribution >= 4 is 56.1 Å². The number of anilines is 2. The number of nitrogens with one attached hydrogen (secondary N) is 1. The van der Waals surface area contributed by atoms with Crippen LogP contribution in [0.25, 0.3) is 0 Å². The number of rotatable bonds is 3. The number of nitrogens with two attached hydrogens (primary N) is 1. The lowest BCUT2D eigenvalue weighted by molar-refractivity contribution is 0.510. The standard InChI is InChI=1S/C13H8BrClF2N2S/c14-8-5-6(15)1-3-9(8)19-10-4-2-7(13(18)20)11(16)12(10)17/h1-5,19H,(H2,18,20). The van der Waals surface area contributed by atoms with Crippen molar-refractivity contribution in [2.45, 2.75) is 0 Å². The molecule has 0 radical (unpaired) electrons. The predicted molar refractivity (Wildman–Crippen MR) is 84.7 cm³/mol. The van der Waals surface area contributed by atoms with Gasteiger partial charge in [0.2, 0.25) is 0 Å². The quantitative estimate of drug-likeness (QED) is 0.758. The van der Waals surface area contributed by atoms with Gasteiger partial charge >= 0.3 is 0 Å². The molecule has 2 aromatic rings. The van der Waals surface area contributed by atoms with Crippen molar-refractivity contribution < 1.29 is 8.78 Å². The molecule has 0 unspecified atom stereocenters. The van der Waals surface area contributed by atoms with E-state index in [2.05, 4.69) is 33.5 Å². The number of hydrogen-bond acceptors (Lipinski definition) is 2. The minimum Gasteiger partial charge on any atom is -0.389 e. The van der Waals surface area contributed by atoms with E-state index in [9.17, 15) is 8.78 Å². The summed E-state index contributed by atoms with van der Waals surface area (Å²) in [5.74, 6) is -2.12. The summed E-state index contributed by atoms with van der Waals surface area (Å²) in [6.07, 6.45) is 0. The minimum absolute atomic E-state index is 0.0227. The van der Waals surface area contributed by atoms with Gasteiger partial charge in [0.1, 0.15) is 4.99 Å². The molecule has 2 nitrogen and oxygen atoms in total. The fraction of sp³-hybridized carbons (Fsp3) is 0. The Morgan fingerprint density at radius 1 is 1.15 bits per heavy atom. The molecular weight excluding hydrogens is 370 g/mol. The first kappa shape index (κ1) is 15.2. The summed E-state index contributed by atoms with van der Waals surface area (Å²) in [5.41, 5.74) is 5.71. The summed E-state index contributed by atoms with van der Waals surface area (Å²) in [5, 5.41) is 3.30. The fourth-order valence-electron chi connectivity index (χ4n) is 1.57. The van der Waals surface area contributed by atoms with E-state index in [1.165, 1.54) is 12.1 Å². The molecule has 0 aromatic heterocycles. The maximum Gasteiger partial charge on any atom is 0.182 e. The maximum atomic E-state index is 13.9. The summed E-state index contributed by atoms with van der Waals surface area (Å²) in [6.45, 7) is 0. The molecule has 0 bridgehead atoms. The van der Waals surface area contributed by atoms with Crippen LogP contribution in [0.1, 0.15) is 5.56 Å². The highest BCUT2D eigenvalue weighted by molar-refractivity contribution is 9.10. The van der Waals surface area contributed by atoms with E-state index >= 15 is 0 Å². The third-order valence-corrected chi connectivity index (χ3v) is 3.66. The van der Waals surface area contributed by atoms with E-state index in [1.54, 1.807) is 18.2 Å². The van der Waals surface area contributed by atoms with Gasteiger partial charge < -0.3 is 11.1 Å². The van der Waals surface area contributed by atoms with Crippen molar-refractivity contribution in [1.82, 2.24) is 0 Å². The minimum atomic E-state index is -1.08. The molecule has 0 aliphatic heterocycles. The van der Waals surface area contributed by atoms with E-state index in [1.807, 2.05) is 0 Å². The summed E-state index contributed by atoms with van der Waals surface area (Å²) in [6, 6.07) is 7.61. The van der Waals surface area contributed by atoms with Crippen LogP contribution < -0.4 is 11.1 Å². The Balaban J connectivity index is 2.39. The van der Waals surface area contributed by atoms with Crippen LogP contribution in [0.15, 0.2) is 34.8 Å². The summed E-state index contributed by atoms with van der Waals surface area (Å²) >= 11 is 13.7. The molecule has 2 aromatic carbocycles. The second-order valence-corrected chi connectivity index (χ2v) is 5.63. The van der Waals surface area contributed by atoms with E-state index in [-0.39, 0.29) is 16.2 Å². The van der Waals surface area contributed by atoms with Gasteiger partial charge in [-0.2, -0.15) is 0 Å². The van der Waals surface area contributed by atoms with Crippen molar-refractivity contribution in [1.29, 1.82) is 0 Å². The zero-order valence-electron chi connectivity index (χ0n) is 9.88. The third kappa shape index (κ3) is 3.08. The molecule has 0 spiro atoms. The molecule has 0 amide bonds. The molecule has 3 N–H and O–H groups in total. The second-order valence-electron chi connectivity index (χ2n) is 3.90. The zero-order valence-corrected chi connectivity index (χ0v) is 13.0. The highest BCUT2D eigenvalue weighted by Crippen LogP contribution is 2.30. The van der Waals surface area contributed by atoms with Crippen molar-refractivity contribution in [2.75, 3.05) is 5.32 Å². The Hall–Kier alpha value is -1.24. The van der Waals surface area contributed by atoms with Gasteiger partial charge in [-0.05, 0) is 46.3 Å². The Kier molecular flexibility index (Phi) is 4.57. The average molecular weight is 378 g/mol. The number of thiocarbonyl (C=S) groups is 1. The van der Waals surface area contributed by atoms with Gasteiger partial charge in [0.25, 0.3) is 0 Å². The Bertz CT molecular complexity index is 694. The largest absolute Gasteiger partial charge is 0.389 e. The van der Waals surface area contributed by atoms with Crippen LogP contribution in [-0.4, -0.2) is 4.99 Å². The Labute approximate surface area is 133 Å². The van der Waals surface area contributed by atoms with Crippen molar-refractivity contribution in [3.05, 3.63) is 57.0 Å². The molecule has 104 valence electrons. The highest BCUT2D eigenvalue weighted by atomic mass is 79.9. The van der Waals surface area contributed by atoms with Crippen LogP contribution in [0.5, 0.6) is 0 Å². The summed E-state index contributed by atoms with van der Waals surface area (Å²) < 4.78 is 28.3. The van der Waals surface area contributed by atoms with Crippen LogP contribution in [-0.2, 0) is 0 Å². The second kappa shape index (κ2) is 6.03. The molecule has 2 rings (SSSR count). The smallest absolute Gasteiger partial charge is 0.182 e. The van der Waals surface area contributed by atoms with Gasteiger partial charge in [-0.3, -0.25) is 0 Å². The number of hydrogen-bond donors (Lipinski definition) is 2. The van der Waals surface area contributed by atoms with Crippen molar-refractivity contribution in [3.63, 3.8) is 0 Å². The van der Waals surface area contributed by atoms with Gasteiger partial charge in [0.05, 0.1) is 11.4 Å². The SMILES string of the molecule is NC(=S)c1ccc(Nc2ccc(Cl)cc2Br)c(F)c1F. The van der Waals surface area contributed by atoms with Gasteiger partial charge in [-0.1, -0.05) is 23.8 Å². The zero-order chi connectivity index (χ0) is 14.9. The Morgan fingerprint density at radius 3 is 2.40 bits per heavy atom. The molecule has 20 heavy (non-hydrogen) atoms. The maximum absolute atomic E-state index is 13.9. The van der Waals surface area contributed by atoms with Gasteiger partial charge in [0.15, 0.2) is 11.6 Å². The van der Waals surface area contributed by atoms with E-state index in [0.717, 1.165) is 0 Å². The molecule has 0 aliphatic rings. The van der Waals surface area contributed by atoms with Gasteiger partial charge in [-0.25, -0.2) is 8.78 Å². The molecule has 0 heterocycles. The fourth-order valence-corrected chi connectivity index (χ4v) is 2.51. The summed E-state index contributed by atoms with van der Waals surface area (Å²) in [4.78, 5) is -0.194. The van der Waals surface area contributed by atoms with Crippen LogP contribution in [0.4, 0.5) is 20.2 Å². The predicted octanol–water partition coefficient (Wildman–Crippen LogP) is 4.76. The first-order valence-corrected chi connectivity index (χ1v) is 6.98. The number of benzene rings is 2. The van der Waals surface area contributed by atoms with E-state index in [4.69, 9.17) is 17.3 Å². The summed E-state index contributed by atoms with van der Waals surface area (Å²) in [7, 11) is 0. The molecule has 0 atom stereocenters. The molecule has 0 saturated carbocycles. The van der Waals surface area contributed by atoms with Crippen LogP contribution in [0.2, 0.25) is 5.02 Å². The Morgan fingerprint density at radius 2 is 1.80 bits per heavy atom. The molecule has 0 fully saturated rings. The normalized spacial score (nSPS) is 10.4.